The number of benzene rings is 2. The number of hydrogen-bond donors (Lipinski definition) is 2. The third-order valence-corrected chi connectivity index (χ3v) is 4.46. The van der Waals surface area contributed by atoms with Crippen molar-refractivity contribution in [1.29, 1.82) is 0 Å². The summed E-state index contributed by atoms with van der Waals surface area (Å²) in [4.78, 5) is 0. The Kier molecular flexibility index (Phi) is 8.23. The van der Waals surface area contributed by atoms with Crippen molar-refractivity contribution in [3.05, 3.63) is 54.1 Å². The molecule has 0 amide bonds. The molecule has 0 radical (unpaired) electrons. The summed E-state index contributed by atoms with van der Waals surface area (Å²) < 4.78 is 0. The number of rotatable bonds is 11. The molecule has 24 heavy (non-hydrogen) atoms. The minimum Gasteiger partial charge on any atom is -0.508 e. The van der Waals surface area contributed by atoms with Crippen LogP contribution >= 0.6 is 0 Å². The molecular formula is C22H31NO. The molecule has 0 atom stereocenters. The Hall–Kier alpha value is -1.96. The highest BCUT2D eigenvalue weighted by atomic mass is 16.3. The van der Waals surface area contributed by atoms with Gasteiger partial charge in [0.05, 0.1) is 0 Å². The number of unbranched alkanes of at least 4 members (excludes halogenated alkanes) is 7. The third kappa shape index (κ3) is 6.66. The largest absolute Gasteiger partial charge is 0.508 e. The fraction of sp³-hybridized carbons (Fsp3) is 0.455. The molecule has 0 fully saturated rings. The standard InChI is InChI=1S/C22H31NO/c1-2-3-4-5-6-7-8-9-12-19-13-10-11-14-22(19)23-20-15-17-21(24)18-16-20/h10-11,13-18,23-24H,2-9,12H2,1H3. The molecule has 2 rings (SSSR count). The molecule has 2 aromatic carbocycles. The van der Waals surface area contributed by atoms with Gasteiger partial charge in [-0.1, -0.05) is 70.1 Å². The lowest BCUT2D eigenvalue weighted by Crippen LogP contribution is -1.96. The summed E-state index contributed by atoms with van der Waals surface area (Å²) in [6, 6.07) is 15.8. The Morgan fingerprint density at radius 2 is 1.38 bits per heavy atom. The molecule has 0 heterocycles. The van der Waals surface area contributed by atoms with Gasteiger partial charge in [-0.2, -0.15) is 0 Å². The molecular weight excluding hydrogens is 294 g/mol. The lowest BCUT2D eigenvalue weighted by Gasteiger charge is -2.12. The van der Waals surface area contributed by atoms with Crippen molar-refractivity contribution in [3.63, 3.8) is 0 Å². The minimum atomic E-state index is 0.299. The van der Waals surface area contributed by atoms with Gasteiger partial charge in [0.1, 0.15) is 5.75 Å². The SMILES string of the molecule is CCCCCCCCCCc1ccccc1Nc1ccc(O)cc1. The van der Waals surface area contributed by atoms with Gasteiger partial charge in [-0.05, 0) is 48.7 Å². The smallest absolute Gasteiger partial charge is 0.115 e. The lowest BCUT2D eigenvalue weighted by molar-refractivity contribution is 0.475. The molecule has 0 unspecified atom stereocenters. The van der Waals surface area contributed by atoms with E-state index in [0.29, 0.717) is 5.75 Å². The molecule has 2 heteroatoms. The average Bonchev–Trinajstić information content (AvgIpc) is 2.60. The molecule has 0 aliphatic carbocycles. The minimum absolute atomic E-state index is 0.299. The maximum atomic E-state index is 9.38. The van der Waals surface area contributed by atoms with Gasteiger partial charge in [0.15, 0.2) is 0 Å². The normalized spacial score (nSPS) is 10.7. The van der Waals surface area contributed by atoms with Gasteiger partial charge in [-0.25, -0.2) is 0 Å². The van der Waals surface area contributed by atoms with Crippen molar-refractivity contribution < 1.29 is 5.11 Å². The zero-order valence-corrected chi connectivity index (χ0v) is 14.9. The summed E-state index contributed by atoms with van der Waals surface area (Å²) >= 11 is 0. The van der Waals surface area contributed by atoms with Gasteiger partial charge in [-0.3, -0.25) is 0 Å². The van der Waals surface area contributed by atoms with Gasteiger partial charge in [-0.15, -0.1) is 0 Å². The molecule has 0 saturated carbocycles. The number of nitrogens with one attached hydrogen (secondary N) is 1. The molecule has 2 nitrogen and oxygen atoms in total. The van der Waals surface area contributed by atoms with Crippen molar-refractivity contribution in [1.82, 2.24) is 0 Å². The van der Waals surface area contributed by atoms with Crippen LogP contribution in [0.4, 0.5) is 11.4 Å². The fourth-order valence-corrected chi connectivity index (χ4v) is 3.01. The molecule has 2 N–H and O–H groups in total. The van der Waals surface area contributed by atoms with E-state index in [0.717, 1.165) is 12.1 Å². The molecule has 0 bridgehead atoms. The first-order valence-corrected chi connectivity index (χ1v) is 9.43. The summed E-state index contributed by atoms with van der Waals surface area (Å²) in [5, 5.41) is 12.8. The monoisotopic (exact) mass is 325 g/mol. The predicted octanol–water partition coefficient (Wildman–Crippen LogP) is 6.82. The second-order valence-electron chi connectivity index (χ2n) is 6.55. The zero-order chi connectivity index (χ0) is 17.0. The summed E-state index contributed by atoms with van der Waals surface area (Å²) in [5.41, 5.74) is 3.55. The average molecular weight is 325 g/mol. The van der Waals surface area contributed by atoms with Crippen LogP contribution in [0.2, 0.25) is 0 Å². The summed E-state index contributed by atoms with van der Waals surface area (Å²) in [5.74, 6) is 0.299. The van der Waals surface area contributed by atoms with E-state index in [1.54, 1.807) is 12.1 Å². The summed E-state index contributed by atoms with van der Waals surface area (Å²) in [7, 11) is 0. The Morgan fingerprint density at radius 3 is 2.08 bits per heavy atom. The van der Waals surface area contributed by atoms with E-state index in [4.69, 9.17) is 0 Å². The maximum Gasteiger partial charge on any atom is 0.115 e. The molecule has 0 aliphatic heterocycles. The topological polar surface area (TPSA) is 32.3 Å². The molecule has 130 valence electrons. The van der Waals surface area contributed by atoms with Crippen LogP contribution in [0.15, 0.2) is 48.5 Å². The van der Waals surface area contributed by atoms with Crippen molar-refractivity contribution in [2.24, 2.45) is 0 Å². The number of phenols is 1. The highest BCUT2D eigenvalue weighted by molar-refractivity contribution is 5.63. The van der Waals surface area contributed by atoms with Crippen LogP contribution in [0.1, 0.15) is 63.9 Å². The first-order valence-electron chi connectivity index (χ1n) is 9.43. The second kappa shape index (κ2) is 10.7. The molecule has 0 aliphatic rings. The highest BCUT2D eigenvalue weighted by Crippen LogP contribution is 2.24. The van der Waals surface area contributed by atoms with E-state index in [9.17, 15) is 5.11 Å². The Balaban J connectivity index is 1.76. The second-order valence-corrected chi connectivity index (χ2v) is 6.55. The van der Waals surface area contributed by atoms with E-state index < -0.39 is 0 Å². The first-order chi connectivity index (χ1) is 11.8. The van der Waals surface area contributed by atoms with Crippen molar-refractivity contribution >= 4 is 11.4 Å². The van der Waals surface area contributed by atoms with Crippen LogP contribution < -0.4 is 5.32 Å². The molecule has 0 saturated heterocycles. The number of phenolic OH excluding ortho intramolecular Hbond substituents is 1. The highest BCUT2D eigenvalue weighted by Gasteiger charge is 2.02. The predicted molar refractivity (Wildman–Crippen MR) is 104 cm³/mol. The Bertz CT molecular complexity index is 577. The third-order valence-electron chi connectivity index (χ3n) is 4.46. The number of hydrogen-bond acceptors (Lipinski definition) is 2. The van der Waals surface area contributed by atoms with E-state index >= 15 is 0 Å². The number of anilines is 2. The Labute approximate surface area is 146 Å². The van der Waals surface area contributed by atoms with Crippen LogP contribution in [0, 0.1) is 0 Å². The van der Waals surface area contributed by atoms with Crippen molar-refractivity contribution in [3.8, 4) is 5.75 Å². The quantitative estimate of drug-likeness (QED) is 0.351. The maximum absolute atomic E-state index is 9.38. The van der Waals surface area contributed by atoms with E-state index in [2.05, 4.69) is 36.5 Å². The van der Waals surface area contributed by atoms with Crippen LogP contribution in [0.3, 0.4) is 0 Å². The van der Waals surface area contributed by atoms with Crippen LogP contribution in [0.25, 0.3) is 0 Å². The fourth-order valence-electron chi connectivity index (χ4n) is 3.01. The van der Waals surface area contributed by atoms with E-state index in [-0.39, 0.29) is 0 Å². The van der Waals surface area contributed by atoms with Crippen LogP contribution in [-0.2, 0) is 6.42 Å². The van der Waals surface area contributed by atoms with Crippen molar-refractivity contribution in [2.75, 3.05) is 5.32 Å². The lowest BCUT2D eigenvalue weighted by atomic mass is 10.0. The van der Waals surface area contributed by atoms with Crippen LogP contribution in [0.5, 0.6) is 5.75 Å². The number of aryl methyl sites for hydroxylation is 1. The van der Waals surface area contributed by atoms with Crippen LogP contribution in [-0.4, -0.2) is 5.11 Å². The Morgan fingerprint density at radius 1 is 0.750 bits per heavy atom. The summed E-state index contributed by atoms with van der Waals surface area (Å²) in [6.45, 7) is 2.27. The van der Waals surface area contributed by atoms with Gasteiger partial charge in [0, 0.05) is 11.4 Å². The zero-order valence-electron chi connectivity index (χ0n) is 14.9. The first kappa shape index (κ1) is 18.4. The number of para-hydroxylation sites is 1. The van der Waals surface area contributed by atoms with E-state index in [1.807, 2.05) is 12.1 Å². The molecule has 0 spiro atoms. The van der Waals surface area contributed by atoms with Gasteiger partial charge < -0.3 is 10.4 Å². The molecule has 0 aromatic heterocycles. The van der Waals surface area contributed by atoms with Gasteiger partial charge in [0.2, 0.25) is 0 Å². The van der Waals surface area contributed by atoms with Gasteiger partial charge >= 0.3 is 0 Å². The number of aromatic hydroxyl groups is 1. The van der Waals surface area contributed by atoms with E-state index in [1.165, 1.54) is 62.6 Å². The van der Waals surface area contributed by atoms with Crippen molar-refractivity contribution in [2.45, 2.75) is 64.7 Å². The summed E-state index contributed by atoms with van der Waals surface area (Å²) in [6.07, 6.45) is 11.9. The molecule has 2 aromatic rings. The van der Waals surface area contributed by atoms with Gasteiger partial charge in [0.25, 0.3) is 0 Å².